The summed E-state index contributed by atoms with van der Waals surface area (Å²) in [7, 11) is 0. The molecule has 7 aromatic rings. The van der Waals surface area contributed by atoms with E-state index in [2.05, 4.69) is 0 Å². The predicted molar refractivity (Wildman–Crippen MR) is 237 cm³/mol. The SMILES string of the molecule is CCOc1c(OCc2ccccc2)c2ccc(O[C@@H]3O[C@H](COC(=O)c4ccccc4)[C@@H](OC(=O)c4ccccc4)[C@H](OC(=O)c4ccccc4)[C@H]3OC(=O)c3ccccc3)cc2oc1=O. The second kappa shape index (κ2) is 21.0. The zero-order chi connectivity index (χ0) is 45.8. The van der Waals surface area contributed by atoms with Crippen molar-refractivity contribution in [1.82, 2.24) is 0 Å². The summed E-state index contributed by atoms with van der Waals surface area (Å²) < 4.78 is 54.7. The number of benzene rings is 6. The third kappa shape index (κ3) is 10.6. The molecule has 1 aliphatic rings. The summed E-state index contributed by atoms with van der Waals surface area (Å²) in [6.07, 6.45) is -8.01. The number of hydrogen-bond acceptors (Lipinski definition) is 14. The standard InChI is InChI=1S/C52H42O14/c1-2-58-45-42(59-31-33-18-8-3-9-19-33)39-29-28-38(30-40(39)62-51(45)57)61-52-46(66-50(56)37-26-16-7-17-27-37)44(65-49(55)36-24-14-6-15-25-36)43(64-48(54)35-22-12-5-13-23-35)41(63-52)32-60-47(53)34-20-10-4-11-21-34/h3-30,41,43-44,46,52H,2,31-32H2,1H3/t41-,43-,44+,46-,52-/m1/s1. The third-order valence-corrected chi connectivity index (χ3v) is 10.3. The van der Waals surface area contributed by atoms with Crippen molar-refractivity contribution in [3.05, 3.63) is 208 Å². The minimum Gasteiger partial charge on any atom is -0.484 e. The Morgan fingerprint density at radius 1 is 0.530 bits per heavy atom. The average molecular weight is 891 g/mol. The molecule has 0 radical (unpaired) electrons. The van der Waals surface area contributed by atoms with Crippen LogP contribution in [-0.4, -0.2) is 67.8 Å². The van der Waals surface area contributed by atoms with Gasteiger partial charge in [0, 0.05) is 6.07 Å². The molecule has 0 aliphatic carbocycles. The Balaban J connectivity index is 1.21. The van der Waals surface area contributed by atoms with Gasteiger partial charge in [0.2, 0.25) is 18.1 Å². The second-order valence-corrected chi connectivity index (χ2v) is 14.7. The predicted octanol–water partition coefficient (Wildman–Crippen LogP) is 8.41. The van der Waals surface area contributed by atoms with Gasteiger partial charge < -0.3 is 42.3 Å². The van der Waals surface area contributed by atoms with E-state index in [4.69, 9.17) is 42.3 Å². The lowest BCUT2D eigenvalue weighted by Crippen LogP contribution is -2.63. The highest BCUT2D eigenvalue weighted by atomic mass is 16.7. The van der Waals surface area contributed by atoms with E-state index in [-0.39, 0.29) is 58.3 Å². The van der Waals surface area contributed by atoms with Gasteiger partial charge in [-0.3, -0.25) is 0 Å². The lowest BCUT2D eigenvalue weighted by Gasteiger charge is -2.44. The van der Waals surface area contributed by atoms with Crippen LogP contribution in [0, 0.1) is 0 Å². The smallest absolute Gasteiger partial charge is 0.383 e. The highest BCUT2D eigenvalue weighted by Crippen LogP contribution is 2.37. The first-order chi connectivity index (χ1) is 32.2. The fourth-order valence-electron chi connectivity index (χ4n) is 7.11. The Morgan fingerprint density at radius 3 is 1.55 bits per heavy atom. The summed E-state index contributed by atoms with van der Waals surface area (Å²) in [6, 6.07) is 46.1. The molecule has 14 nitrogen and oxygen atoms in total. The molecular weight excluding hydrogens is 849 g/mol. The normalized spacial score (nSPS) is 17.7. The van der Waals surface area contributed by atoms with E-state index in [0.717, 1.165) is 5.56 Å². The lowest BCUT2D eigenvalue weighted by atomic mass is 9.97. The molecule has 2 heterocycles. The van der Waals surface area contributed by atoms with Gasteiger partial charge in [-0.15, -0.1) is 0 Å². The van der Waals surface area contributed by atoms with E-state index in [1.54, 1.807) is 97.9 Å². The molecule has 66 heavy (non-hydrogen) atoms. The van der Waals surface area contributed by atoms with Gasteiger partial charge >= 0.3 is 29.5 Å². The van der Waals surface area contributed by atoms with Crippen molar-refractivity contribution in [2.75, 3.05) is 13.2 Å². The molecule has 0 N–H and O–H groups in total. The van der Waals surface area contributed by atoms with Gasteiger partial charge in [-0.25, -0.2) is 24.0 Å². The summed E-state index contributed by atoms with van der Waals surface area (Å²) >= 11 is 0. The van der Waals surface area contributed by atoms with E-state index in [1.807, 2.05) is 30.3 Å². The maximum Gasteiger partial charge on any atom is 0.383 e. The van der Waals surface area contributed by atoms with Crippen LogP contribution in [0.1, 0.15) is 53.9 Å². The topological polar surface area (TPSA) is 172 Å². The van der Waals surface area contributed by atoms with Crippen LogP contribution in [0.15, 0.2) is 179 Å². The maximum absolute atomic E-state index is 14.0. The van der Waals surface area contributed by atoms with Gasteiger partial charge in [0.1, 0.15) is 30.7 Å². The number of carbonyl (C=O) groups excluding carboxylic acids is 4. The zero-order valence-corrected chi connectivity index (χ0v) is 35.4. The van der Waals surface area contributed by atoms with Gasteiger partial charge in [-0.1, -0.05) is 103 Å². The van der Waals surface area contributed by atoms with Gasteiger partial charge in [0.15, 0.2) is 18.0 Å². The van der Waals surface area contributed by atoms with Crippen LogP contribution >= 0.6 is 0 Å². The number of ether oxygens (including phenoxy) is 8. The Hall–Kier alpha value is -8.23. The quantitative estimate of drug-likeness (QED) is 0.0514. The molecule has 0 bridgehead atoms. The number of rotatable bonds is 16. The number of hydrogen-bond donors (Lipinski definition) is 0. The minimum atomic E-state index is -1.67. The van der Waals surface area contributed by atoms with Crippen LogP contribution in [0.5, 0.6) is 17.2 Å². The van der Waals surface area contributed by atoms with Crippen LogP contribution in [-0.2, 0) is 30.3 Å². The van der Waals surface area contributed by atoms with Gasteiger partial charge in [-0.2, -0.15) is 0 Å². The fourth-order valence-corrected chi connectivity index (χ4v) is 7.11. The largest absolute Gasteiger partial charge is 0.484 e. The molecule has 6 aromatic carbocycles. The fraction of sp³-hybridized carbons (Fsp3) is 0.173. The van der Waals surface area contributed by atoms with Crippen molar-refractivity contribution in [2.24, 2.45) is 0 Å². The van der Waals surface area contributed by atoms with Crippen LogP contribution < -0.4 is 19.8 Å². The van der Waals surface area contributed by atoms with Gasteiger partial charge in [-0.05, 0) is 73.2 Å². The number of fused-ring (bicyclic) bond motifs is 1. The molecule has 334 valence electrons. The summed E-state index contributed by atoms with van der Waals surface area (Å²) in [6.45, 7) is 1.42. The van der Waals surface area contributed by atoms with E-state index in [1.165, 1.54) is 48.5 Å². The molecule has 1 aliphatic heterocycles. The Morgan fingerprint density at radius 2 is 1.02 bits per heavy atom. The summed E-state index contributed by atoms with van der Waals surface area (Å²) in [5, 5.41) is 0.367. The van der Waals surface area contributed by atoms with Crippen LogP contribution in [0.2, 0.25) is 0 Å². The highest BCUT2D eigenvalue weighted by molar-refractivity contribution is 5.92. The van der Waals surface area contributed by atoms with Crippen molar-refractivity contribution in [3.63, 3.8) is 0 Å². The molecule has 0 amide bonds. The Labute approximate surface area is 378 Å². The van der Waals surface area contributed by atoms with Gasteiger partial charge in [0.05, 0.1) is 34.2 Å². The monoisotopic (exact) mass is 890 g/mol. The molecule has 0 saturated carbocycles. The van der Waals surface area contributed by atoms with E-state index in [0.29, 0.717) is 5.39 Å². The van der Waals surface area contributed by atoms with Crippen molar-refractivity contribution in [3.8, 4) is 17.2 Å². The van der Waals surface area contributed by atoms with Crippen molar-refractivity contribution in [2.45, 2.75) is 44.2 Å². The van der Waals surface area contributed by atoms with Gasteiger partial charge in [0.25, 0.3) is 0 Å². The molecule has 0 unspecified atom stereocenters. The summed E-state index contributed by atoms with van der Waals surface area (Å²) in [4.78, 5) is 68.7. The van der Waals surface area contributed by atoms with E-state index >= 15 is 0 Å². The van der Waals surface area contributed by atoms with Crippen LogP contribution in [0.25, 0.3) is 11.0 Å². The Kier molecular flexibility index (Phi) is 14.1. The number of carbonyl (C=O) groups is 4. The Bertz CT molecular complexity index is 2820. The maximum atomic E-state index is 14.0. The average Bonchev–Trinajstić information content (AvgIpc) is 3.36. The molecule has 0 spiro atoms. The zero-order valence-electron chi connectivity index (χ0n) is 35.4. The molecule has 1 fully saturated rings. The third-order valence-electron chi connectivity index (χ3n) is 10.3. The summed E-state index contributed by atoms with van der Waals surface area (Å²) in [5.41, 5.74) is 0.665. The number of esters is 4. The first-order valence-corrected chi connectivity index (χ1v) is 21.0. The summed E-state index contributed by atoms with van der Waals surface area (Å²) in [5.74, 6) is -3.28. The van der Waals surface area contributed by atoms with Crippen molar-refractivity contribution in [1.29, 1.82) is 0 Å². The highest BCUT2D eigenvalue weighted by Gasteiger charge is 2.54. The molecule has 8 rings (SSSR count). The lowest BCUT2D eigenvalue weighted by molar-refractivity contribution is -0.275. The minimum absolute atomic E-state index is 0.0301. The van der Waals surface area contributed by atoms with E-state index in [9.17, 15) is 24.0 Å². The molecule has 14 heteroatoms. The molecule has 5 atom stereocenters. The van der Waals surface area contributed by atoms with Crippen molar-refractivity contribution >= 4 is 34.8 Å². The molecular formula is C52H42O14. The molecule has 1 aromatic heterocycles. The van der Waals surface area contributed by atoms with Crippen LogP contribution in [0.4, 0.5) is 0 Å². The first kappa shape index (κ1) is 44.4. The molecule has 1 saturated heterocycles. The first-order valence-electron chi connectivity index (χ1n) is 21.0. The van der Waals surface area contributed by atoms with Crippen LogP contribution in [0.3, 0.4) is 0 Å². The van der Waals surface area contributed by atoms with Crippen molar-refractivity contribution < 1.29 is 61.5 Å². The second-order valence-electron chi connectivity index (χ2n) is 14.7. The van der Waals surface area contributed by atoms with E-state index < -0.39 is 66.8 Å².